The zero-order valence-corrected chi connectivity index (χ0v) is 20.6. The summed E-state index contributed by atoms with van der Waals surface area (Å²) in [6.07, 6.45) is 2.41. The number of likely N-dealkylation sites (tertiary alicyclic amines) is 1. The van der Waals surface area contributed by atoms with E-state index in [0.717, 1.165) is 24.4 Å². The van der Waals surface area contributed by atoms with Crippen molar-refractivity contribution in [2.45, 2.75) is 25.8 Å². The number of sulfonamides is 1. The molecule has 1 heterocycles. The first-order chi connectivity index (χ1) is 13.5. The van der Waals surface area contributed by atoms with Crippen LogP contribution in [0.5, 0.6) is 5.75 Å². The molecule has 166 valence electrons. The number of methoxy groups -OCH3 is 1. The molecule has 1 aliphatic rings. The number of benzene rings is 1. The lowest BCUT2D eigenvalue weighted by Crippen LogP contribution is -2.45. The molecule has 10 heteroatoms. The van der Waals surface area contributed by atoms with Gasteiger partial charge in [0.1, 0.15) is 5.75 Å². The van der Waals surface area contributed by atoms with Crippen LogP contribution < -0.4 is 20.1 Å². The number of aliphatic imine (C=N–C) groups is 1. The van der Waals surface area contributed by atoms with Gasteiger partial charge >= 0.3 is 0 Å². The highest BCUT2D eigenvalue weighted by Crippen LogP contribution is 2.31. The number of halogens is 1. The van der Waals surface area contributed by atoms with E-state index in [9.17, 15) is 8.42 Å². The van der Waals surface area contributed by atoms with Crippen molar-refractivity contribution in [2.24, 2.45) is 4.99 Å². The van der Waals surface area contributed by atoms with Crippen LogP contribution in [0.4, 0.5) is 0 Å². The van der Waals surface area contributed by atoms with Gasteiger partial charge in [0.2, 0.25) is 10.0 Å². The number of hydrogen-bond donors (Lipinski definition) is 3. The van der Waals surface area contributed by atoms with Gasteiger partial charge in [0.25, 0.3) is 0 Å². The molecule has 1 aromatic rings. The van der Waals surface area contributed by atoms with E-state index in [0.29, 0.717) is 25.6 Å². The molecular formula is C19H34IN5O3S. The van der Waals surface area contributed by atoms with Gasteiger partial charge in [-0.1, -0.05) is 18.2 Å². The average Bonchev–Trinajstić information content (AvgIpc) is 3.24. The Bertz CT molecular complexity index is 739. The van der Waals surface area contributed by atoms with Crippen LogP contribution in [0.15, 0.2) is 29.3 Å². The summed E-state index contributed by atoms with van der Waals surface area (Å²) in [5.41, 5.74) is 1.16. The lowest BCUT2D eigenvalue weighted by molar-refractivity contribution is 0.239. The number of ether oxygens (including phenoxy) is 1. The van der Waals surface area contributed by atoms with Crippen molar-refractivity contribution >= 4 is 40.0 Å². The third-order valence-corrected chi connectivity index (χ3v) is 6.29. The summed E-state index contributed by atoms with van der Waals surface area (Å²) in [5, 5.41) is 6.53. The predicted octanol–water partition coefficient (Wildman–Crippen LogP) is 1.55. The first kappa shape index (κ1) is 25.9. The van der Waals surface area contributed by atoms with E-state index < -0.39 is 10.0 Å². The smallest absolute Gasteiger partial charge is 0.211 e. The number of para-hydroxylation sites is 1. The van der Waals surface area contributed by atoms with E-state index in [2.05, 4.69) is 31.3 Å². The normalized spacial score (nSPS) is 16.2. The lowest BCUT2D eigenvalue weighted by atomic mass is 10.0. The number of guanidine groups is 1. The minimum atomic E-state index is -3.18. The van der Waals surface area contributed by atoms with Crippen LogP contribution in [0.3, 0.4) is 0 Å². The largest absolute Gasteiger partial charge is 0.496 e. The van der Waals surface area contributed by atoms with Gasteiger partial charge < -0.3 is 15.4 Å². The minimum absolute atomic E-state index is 0. The van der Waals surface area contributed by atoms with Crippen LogP contribution in [0.1, 0.15) is 31.4 Å². The molecule has 0 spiro atoms. The zero-order valence-electron chi connectivity index (χ0n) is 17.5. The maximum absolute atomic E-state index is 11.5. The molecule has 1 aromatic carbocycles. The Morgan fingerprint density at radius 2 is 1.90 bits per heavy atom. The lowest BCUT2D eigenvalue weighted by Gasteiger charge is -2.30. The Kier molecular flexibility index (Phi) is 11.8. The summed E-state index contributed by atoms with van der Waals surface area (Å²) in [4.78, 5) is 6.71. The van der Waals surface area contributed by atoms with Gasteiger partial charge in [0.05, 0.1) is 18.9 Å². The van der Waals surface area contributed by atoms with Gasteiger partial charge in [0.15, 0.2) is 5.96 Å². The van der Waals surface area contributed by atoms with Crippen molar-refractivity contribution < 1.29 is 13.2 Å². The molecule has 0 saturated carbocycles. The summed E-state index contributed by atoms with van der Waals surface area (Å²) in [6, 6.07) is 8.29. The molecule has 3 N–H and O–H groups in total. The Balaban J connectivity index is 0.00000420. The maximum atomic E-state index is 11.5. The minimum Gasteiger partial charge on any atom is -0.496 e. The van der Waals surface area contributed by atoms with Gasteiger partial charge in [-0.05, 0) is 38.9 Å². The molecule has 0 amide bonds. The highest BCUT2D eigenvalue weighted by molar-refractivity contribution is 14.0. The first-order valence-corrected chi connectivity index (χ1v) is 11.4. The van der Waals surface area contributed by atoms with Crippen molar-refractivity contribution in [1.82, 2.24) is 20.3 Å². The highest BCUT2D eigenvalue weighted by Gasteiger charge is 2.26. The molecule has 0 aromatic heterocycles. The second-order valence-corrected chi connectivity index (χ2v) is 8.77. The first-order valence-electron chi connectivity index (χ1n) is 9.79. The Morgan fingerprint density at radius 1 is 1.21 bits per heavy atom. The van der Waals surface area contributed by atoms with Crippen LogP contribution in [-0.4, -0.2) is 71.9 Å². The summed E-state index contributed by atoms with van der Waals surface area (Å²) >= 11 is 0. The Morgan fingerprint density at radius 3 is 2.52 bits per heavy atom. The topological polar surface area (TPSA) is 95.1 Å². The molecule has 1 fully saturated rings. The molecule has 29 heavy (non-hydrogen) atoms. The second-order valence-electron chi connectivity index (χ2n) is 6.68. The van der Waals surface area contributed by atoms with Gasteiger partial charge in [-0.15, -0.1) is 24.0 Å². The second kappa shape index (κ2) is 13.2. The van der Waals surface area contributed by atoms with Crippen LogP contribution >= 0.6 is 24.0 Å². The SMILES string of the molecule is CCS(=O)(=O)NCCNC(=NC)NCC(c1ccccc1OC)N1CCCC1.I. The molecular weight excluding hydrogens is 505 g/mol. The number of rotatable bonds is 10. The summed E-state index contributed by atoms with van der Waals surface area (Å²) in [7, 11) is 0.232. The maximum Gasteiger partial charge on any atom is 0.211 e. The predicted molar refractivity (Wildman–Crippen MR) is 129 cm³/mol. The van der Waals surface area contributed by atoms with E-state index in [1.807, 2.05) is 18.2 Å². The average molecular weight is 539 g/mol. The molecule has 0 aliphatic carbocycles. The highest BCUT2D eigenvalue weighted by atomic mass is 127. The monoisotopic (exact) mass is 539 g/mol. The standard InChI is InChI=1S/C19H33N5O3S.HI/c1-4-28(25,26)23-12-11-21-19(20-2)22-15-17(24-13-7-8-14-24)16-9-5-6-10-18(16)27-3;/h5-6,9-10,17,23H,4,7-8,11-15H2,1-3H3,(H2,20,21,22);1H. The van der Waals surface area contributed by atoms with Crippen molar-refractivity contribution in [3.63, 3.8) is 0 Å². The van der Waals surface area contributed by atoms with Gasteiger partial charge in [-0.25, -0.2) is 13.1 Å². The third-order valence-electron chi connectivity index (χ3n) is 4.89. The zero-order chi connectivity index (χ0) is 20.4. The van der Waals surface area contributed by atoms with Crippen LogP contribution in [0.2, 0.25) is 0 Å². The number of nitrogens with one attached hydrogen (secondary N) is 3. The van der Waals surface area contributed by atoms with Crippen LogP contribution in [0, 0.1) is 0 Å². The Labute approximate surface area is 191 Å². The summed E-state index contributed by atoms with van der Waals surface area (Å²) in [5.74, 6) is 1.61. The summed E-state index contributed by atoms with van der Waals surface area (Å²) in [6.45, 7) is 5.21. The molecule has 0 bridgehead atoms. The quantitative estimate of drug-likeness (QED) is 0.181. The van der Waals surface area contributed by atoms with Gasteiger partial charge in [-0.2, -0.15) is 0 Å². The van der Waals surface area contributed by atoms with Crippen LogP contribution in [0.25, 0.3) is 0 Å². The Hall–Kier alpha value is -1.11. The summed E-state index contributed by atoms with van der Waals surface area (Å²) < 4.78 is 31.1. The molecule has 1 saturated heterocycles. The molecule has 0 radical (unpaired) electrons. The molecule has 1 atom stereocenters. The van der Waals surface area contributed by atoms with Crippen LogP contribution in [-0.2, 0) is 10.0 Å². The van der Waals surface area contributed by atoms with E-state index in [1.54, 1.807) is 21.1 Å². The molecule has 8 nitrogen and oxygen atoms in total. The fraction of sp³-hybridized carbons (Fsp3) is 0.632. The van der Waals surface area contributed by atoms with Gasteiger partial charge in [0, 0.05) is 32.2 Å². The van der Waals surface area contributed by atoms with Crippen molar-refractivity contribution in [3.05, 3.63) is 29.8 Å². The molecule has 1 aliphatic heterocycles. The third kappa shape index (κ3) is 8.27. The fourth-order valence-electron chi connectivity index (χ4n) is 3.33. The van der Waals surface area contributed by atoms with E-state index in [-0.39, 0.29) is 35.8 Å². The van der Waals surface area contributed by atoms with Gasteiger partial charge in [-0.3, -0.25) is 9.89 Å². The van der Waals surface area contributed by atoms with Crippen molar-refractivity contribution in [2.75, 3.05) is 52.6 Å². The van der Waals surface area contributed by atoms with E-state index in [4.69, 9.17) is 4.74 Å². The van der Waals surface area contributed by atoms with E-state index >= 15 is 0 Å². The number of hydrogen-bond acceptors (Lipinski definition) is 5. The molecule has 1 unspecified atom stereocenters. The van der Waals surface area contributed by atoms with E-state index in [1.165, 1.54) is 12.8 Å². The molecule has 2 rings (SSSR count). The van der Waals surface area contributed by atoms with Crippen molar-refractivity contribution in [1.29, 1.82) is 0 Å². The van der Waals surface area contributed by atoms with Crippen molar-refractivity contribution in [3.8, 4) is 5.75 Å². The fourth-order valence-corrected chi connectivity index (χ4v) is 3.95. The number of nitrogens with zero attached hydrogens (tertiary/aromatic N) is 2.